The first-order valence-electron chi connectivity index (χ1n) is 10.5. The van der Waals surface area contributed by atoms with Gasteiger partial charge in [0, 0.05) is 42.8 Å². The van der Waals surface area contributed by atoms with E-state index in [0.29, 0.717) is 16.4 Å². The van der Waals surface area contributed by atoms with Crippen molar-refractivity contribution in [2.24, 2.45) is 7.05 Å². The lowest BCUT2D eigenvalue weighted by Crippen LogP contribution is -2.19. The number of nitrogens with zero attached hydrogens (tertiary/aromatic N) is 4. The molecule has 166 valence electrons. The van der Waals surface area contributed by atoms with Gasteiger partial charge in [-0.25, -0.2) is 0 Å². The van der Waals surface area contributed by atoms with E-state index in [1.807, 2.05) is 19.2 Å². The highest BCUT2D eigenvalue weighted by molar-refractivity contribution is 7.99. The lowest BCUT2D eigenvalue weighted by atomic mass is 10.1. The lowest BCUT2D eigenvalue weighted by Gasteiger charge is -2.20. The van der Waals surface area contributed by atoms with E-state index in [9.17, 15) is 9.59 Å². The first kappa shape index (κ1) is 21.9. The number of amides is 2. The van der Waals surface area contributed by atoms with Crippen LogP contribution in [0.3, 0.4) is 0 Å². The molecule has 0 aliphatic carbocycles. The van der Waals surface area contributed by atoms with E-state index in [2.05, 4.69) is 38.7 Å². The molecule has 0 unspecified atom stereocenters. The summed E-state index contributed by atoms with van der Waals surface area (Å²) in [5.41, 5.74) is 4.17. The molecule has 0 spiro atoms. The Kier molecular flexibility index (Phi) is 6.75. The predicted molar refractivity (Wildman–Crippen MR) is 127 cm³/mol. The fourth-order valence-corrected chi connectivity index (χ4v) is 4.41. The van der Waals surface area contributed by atoms with E-state index in [1.54, 1.807) is 35.2 Å². The summed E-state index contributed by atoms with van der Waals surface area (Å²) in [5, 5.41) is 14.2. The summed E-state index contributed by atoms with van der Waals surface area (Å²) in [6.45, 7) is 4.24. The first-order chi connectivity index (χ1) is 15.5. The number of rotatable bonds is 7. The van der Waals surface area contributed by atoms with Gasteiger partial charge in [0.1, 0.15) is 6.33 Å². The van der Waals surface area contributed by atoms with Gasteiger partial charge in [-0.2, -0.15) is 0 Å². The minimum absolute atomic E-state index is 0.177. The Morgan fingerprint density at radius 3 is 2.56 bits per heavy atom. The molecule has 1 aromatic heterocycles. The predicted octanol–water partition coefficient (Wildman–Crippen LogP) is 3.71. The molecule has 9 heteroatoms. The van der Waals surface area contributed by atoms with Gasteiger partial charge in [0.2, 0.25) is 5.91 Å². The first-order valence-corrected chi connectivity index (χ1v) is 11.5. The molecule has 1 aliphatic rings. The van der Waals surface area contributed by atoms with E-state index in [4.69, 9.17) is 0 Å². The highest BCUT2D eigenvalue weighted by Crippen LogP contribution is 2.27. The van der Waals surface area contributed by atoms with Crippen LogP contribution in [0.5, 0.6) is 0 Å². The van der Waals surface area contributed by atoms with Crippen LogP contribution >= 0.6 is 11.8 Å². The van der Waals surface area contributed by atoms with Gasteiger partial charge in [-0.3, -0.25) is 9.59 Å². The molecule has 2 heterocycles. The molecule has 8 nitrogen and oxygen atoms in total. The van der Waals surface area contributed by atoms with Crippen LogP contribution < -0.4 is 15.5 Å². The number of thioether (sulfide) groups is 1. The average molecular weight is 451 g/mol. The molecule has 2 amide bonds. The van der Waals surface area contributed by atoms with Crippen LogP contribution in [0.15, 0.2) is 53.9 Å². The van der Waals surface area contributed by atoms with Crippen molar-refractivity contribution >= 4 is 40.6 Å². The lowest BCUT2D eigenvalue weighted by molar-refractivity contribution is -0.113. The number of aromatic nitrogens is 3. The molecule has 1 fully saturated rings. The van der Waals surface area contributed by atoms with Gasteiger partial charge in [-0.15, -0.1) is 10.2 Å². The standard InChI is InChI=1S/C23H26N6O2S/c1-16-12-19(8-9-20(16)29-10-3-4-11-29)26-22(31)17-6-5-7-18(13-17)25-21(30)14-32-23-27-24-15-28(23)2/h5-9,12-13,15H,3-4,10-11,14H2,1-2H3,(H,25,30)(H,26,31). The van der Waals surface area contributed by atoms with Crippen LogP contribution in [0.1, 0.15) is 28.8 Å². The fourth-order valence-electron chi connectivity index (χ4n) is 3.72. The Morgan fingerprint density at radius 2 is 1.84 bits per heavy atom. The SMILES string of the molecule is Cc1cc(NC(=O)c2cccc(NC(=O)CSc3nncn3C)c2)ccc1N1CCCC1. The molecule has 0 atom stereocenters. The van der Waals surface area contributed by atoms with Crippen molar-refractivity contribution in [1.29, 1.82) is 0 Å². The molecule has 0 saturated carbocycles. The number of benzene rings is 2. The molecule has 2 N–H and O–H groups in total. The summed E-state index contributed by atoms with van der Waals surface area (Å²) < 4.78 is 1.75. The number of aryl methyl sites for hydroxylation is 2. The highest BCUT2D eigenvalue weighted by atomic mass is 32.2. The van der Waals surface area contributed by atoms with Crippen molar-refractivity contribution in [3.05, 3.63) is 59.9 Å². The molecule has 1 aliphatic heterocycles. The van der Waals surface area contributed by atoms with Gasteiger partial charge >= 0.3 is 0 Å². The summed E-state index contributed by atoms with van der Waals surface area (Å²) >= 11 is 1.30. The second-order valence-corrected chi connectivity index (χ2v) is 8.73. The van der Waals surface area contributed by atoms with Gasteiger partial charge in [0.15, 0.2) is 5.16 Å². The van der Waals surface area contributed by atoms with Gasteiger partial charge in [-0.05, 0) is 61.7 Å². The Hall–Kier alpha value is -3.33. The Morgan fingerprint density at radius 1 is 1.06 bits per heavy atom. The number of hydrogen-bond donors (Lipinski definition) is 2. The Bertz CT molecular complexity index is 1120. The summed E-state index contributed by atoms with van der Waals surface area (Å²) in [6.07, 6.45) is 4.04. The van der Waals surface area contributed by atoms with Crippen molar-refractivity contribution in [3.63, 3.8) is 0 Å². The van der Waals surface area contributed by atoms with Gasteiger partial charge in [0.25, 0.3) is 5.91 Å². The minimum Gasteiger partial charge on any atom is -0.371 e. The van der Waals surface area contributed by atoms with Crippen molar-refractivity contribution in [2.45, 2.75) is 24.9 Å². The average Bonchev–Trinajstić information content (AvgIpc) is 3.44. The van der Waals surface area contributed by atoms with E-state index >= 15 is 0 Å². The van der Waals surface area contributed by atoms with E-state index in [1.165, 1.54) is 30.3 Å². The molecule has 0 radical (unpaired) electrons. The molecule has 1 saturated heterocycles. The minimum atomic E-state index is -0.220. The third kappa shape index (κ3) is 5.28. The van der Waals surface area contributed by atoms with Crippen LogP contribution in [0.4, 0.5) is 17.1 Å². The molecule has 2 aromatic carbocycles. The van der Waals surface area contributed by atoms with Crippen molar-refractivity contribution in [3.8, 4) is 0 Å². The molecule has 3 aromatic rings. The normalized spacial score (nSPS) is 13.2. The van der Waals surface area contributed by atoms with Crippen LogP contribution in [-0.2, 0) is 11.8 Å². The second-order valence-electron chi connectivity index (χ2n) is 7.79. The van der Waals surface area contributed by atoms with Crippen LogP contribution in [-0.4, -0.2) is 45.4 Å². The van der Waals surface area contributed by atoms with Crippen molar-refractivity contribution in [1.82, 2.24) is 14.8 Å². The summed E-state index contributed by atoms with van der Waals surface area (Å²) in [5.74, 6) is -0.197. The van der Waals surface area contributed by atoms with Gasteiger partial charge in [-0.1, -0.05) is 17.8 Å². The highest BCUT2D eigenvalue weighted by Gasteiger charge is 2.15. The molecular formula is C23H26N6O2S. The van der Waals surface area contributed by atoms with Crippen molar-refractivity contribution < 1.29 is 9.59 Å². The second kappa shape index (κ2) is 9.86. The third-order valence-electron chi connectivity index (χ3n) is 5.31. The zero-order valence-electron chi connectivity index (χ0n) is 18.2. The smallest absolute Gasteiger partial charge is 0.255 e. The topological polar surface area (TPSA) is 92.1 Å². The van der Waals surface area contributed by atoms with Crippen molar-refractivity contribution in [2.75, 3.05) is 34.4 Å². The van der Waals surface area contributed by atoms with E-state index in [0.717, 1.165) is 24.3 Å². The largest absolute Gasteiger partial charge is 0.371 e. The van der Waals surface area contributed by atoms with Gasteiger partial charge in [0.05, 0.1) is 5.75 Å². The molecule has 0 bridgehead atoms. The molecule has 4 rings (SSSR count). The maximum absolute atomic E-state index is 12.8. The number of carbonyl (C=O) groups excluding carboxylic acids is 2. The van der Waals surface area contributed by atoms with Crippen LogP contribution in [0.25, 0.3) is 0 Å². The summed E-state index contributed by atoms with van der Waals surface area (Å²) in [7, 11) is 1.82. The zero-order chi connectivity index (χ0) is 22.5. The summed E-state index contributed by atoms with van der Waals surface area (Å²) in [4.78, 5) is 27.4. The third-order valence-corrected chi connectivity index (χ3v) is 6.35. The number of carbonyl (C=O) groups is 2. The Labute approximate surface area is 191 Å². The monoisotopic (exact) mass is 450 g/mol. The van der Waals surface area contributed by atoms with E-state index in [-0.39, 0.29) is 17.6 Å². The number of hydrogen-bond acceptors (Lipinski definition) is 6. The number of nitrogens with one attached hydrogen (secondary N) is 2. The van der Waals surface area contributed by atoms with Gasteiger partial charge < -0.3 is 20.1 Å². The Balaban J connectivity index is 1.36. The summed E-state index contributed by atoms with van der Waals surface area (Å²) in [6, 6.07) is 12.9. The quantitative estimate of drug-likeness (QED) is 0.533. The maximum Gasteiger partial charge on any atom is 0.255 e. The maximum atomic E-state index is 12.8. The molecular weight excluding hydrogens is 424 g/mol. The zero-order valence-corrected chi connectivity index (χ0v) is 19.0. The molecule has 32 heavy (non-hydrogen) atoms. The van der Waals surface area contributed by atoms with E-state index < -0.39 is 0 Å². The van der Waals surface area contributed by atoms with Crippen LogP contribution in [0.2, 0.25) is 0 Å². The van der Waals surface area contributed by atoms with Crippen LogP contribution in [0, 0.1) is 6.92 Å². The number of anilines is 3. The fraction of sp³-hybridized carbons (Fsp3) is 0.304.